The Bertz CT molecular complexity index is 143. The minimum Gasteiger partial charge on any atom is -0.377 e. The summed E-state index contributed by atoms with van der Waals surface area (Å²) in [6.45, 7) is 13.6. The van der Waals surface area contributed by atoms with Gasteiger partial charge in [0, 0.05) is 6.04 Å². The van der Waals surface area contributed by atoms with E-state index < -0.39 is 0 Å². The molecular formula is C12H27NO2. The van der Waals surface area contributed by atoms with E-state index in [1.54, 1.807) is 0 Å². The topological polar surface area (TPSA) is 30.5 Å². The van der Waals surface area contributed by atoms with E-state index in [4.69, 9.17) is 9.47 Å². The summed E-state index contributed by atoms with van der Waals surface area (Å²) in [6, 6.07) is 0.430. The quantitative estimate of drug-likeness (QED) is 0.632. The smallest absolute Gasteiger partial charge is 0.0707 e. The number of rotatable bonds is 8. The van der Waals surface area contributed by atoms with Crippen LogP contribution in [0.1, 0.15) is 41.0 Å². The molecule has 0 saturated heterocycles. The van der Waals surface area contributed by atoms with Gasteiger partial charge in [-0.05, 0) is 40.7 Å². The van der Waals surface area contributed by atoms with Crippen LogP contribution < -0.4 is 5.32 Å². The van der Waals surface area contributed by atoms with E-state index >= 15 is 0 Å². The molecule has 0 aromatic carbocycles. The standard InChI is InChI=1S/C12H27NO2/c1-6-7-13-11(2)10-14-8-9-15-12(3,4)5/h11,13H,6-10H2,1-5H3. The van der Waals surface area contributed by atoms with Crippen molar-refractivity contribution in [2.45, 2.75) is 52.7 Å². The first-order valence-electron chi connectivity index (χ1n) is 5.91. The molecule has 0 aromatic rings. The second-order valence-electron chi connectivity index (χ2n) is 4.89. The molecule has 0 saturated carbocycles. The van der Waals surface area contributed by atoms with Gasteiger partial charge in [0.05, 0.1) is 25.4 Å². The maximum absolute atomic E-state index is 5.55. The van der Waals surface area contributed by atoms with Crippen molar-refractivity contribution >= 4 is 0 Å². The van der Waals surface area contributed by atoms with Gasteiger partial charge in [-0.1, -0.05) is 6.92 Å². The van der Waals surface area contributed by atoms with Crippen molar-refractivity contribution in [2.24, 2.45) is 0 Å². The fraction of sp³-hybridized carbons (Fsp3) is 1.00. The van der Waals surface area contributed by atoms with Crippen LogP contribution in [0.2, 0.25) is 0 Å². The highest BCUT2D eigenvalue weighted by Crippen LogP contribution is 2.05. The Morgan fingerprint density at radius 3 is 2.40 bits per heavy atom. The molecule has 0 bridgehead atoms. The van der Waals surface area contributed by atoms with Crippen molar-refractivity contribution in [1.29, 1.82) is 0 Å². The molecule has 15 heavy (non-hydrogen) atoms. The zero-order valence-corrected chi connectivity index (χ0v) is 10.9. The molecule has 1 atom stereocenters. The Labute approximate surface area is 94.5 Å². The lowest BCUT2D eigenvalue weighted by atomic mass is 10.2. The van der Waals surface area contributed by atoms with Gasteiger partial charge in [-0.25, -0.2) is 0 Å². The van der Waals surface area contributed by atoms with E-state index in [0.717, 1.165) is 19.6 Å². The lowest BCUT2D eigenvalue weighted by Gasteiger charge is -2.20. The van der Waals surface area contributed by atoms with Crippen LogP contribution >= 0.6 is 0 Å². The van der Waals surface area contributed by atoms with E-state index in [0.29, 0.717) is 19.3 Å². The average Bonchev–Trinajstić information content (AvgIpc) is 2.12. The lowest BCUT2D eigenvalue weighted by molar-refractivity contribution is -0.0367. The summed E-state index contributed by atoms with van der Waals surface area (Å²) in [6.07, 6.45) is 1.16. The molecule has 0 aromatic heterocycles. The summed E-state index contributed by atoms with van der Waals surface area (Å²) in [4.78, 5) is 0. The molecule has 0 heterocycles. The van der Waals surface area contributed by atoms with Gasteiger partial charge in [-0.3, -0.25) is 0 Å². The van der Waals surface area contributed by atoms with E-state index in [1.165, 1.54) is 0 Å². The van der Waals surface area contributed by atoms with Crippen molar-refractivity contribution in [2.75, 3.05) is 26.4 Å². The van der Waals surface area contributed by atoms with Crippen molar-refractivity contribution < 1.29 is 9.47 Å². The predicted molar refractivity (Wildman–Crippen MR) is 64.3 cm³/mol. The van der Waals surface area contributed by atoms with E-state index in [9.17, 15) is 0 Å². The Balaban J connectivity index is 3.23. The molecule has 1 unspecified atom stereocenters. The molecule has 92 valence electrons. The fourth-order valence-electron chi connectivity index (χ4n) is 1.12. The van der Waals surface area contributed by atoms with Crippen LogP contribution in [0.4, 0.5) is 0 Å². The monoisotopic (exact) mass is 217 g/mol. The Morgan fingerprint density at radius 2 is 1.87 bits per heavy atom. The molecular weight excluding hydrogens is 190 g/mol. The SMILES string of the molecule is CCCNC(C)COCCOC(C)(C)C. The average molecular weight is 217 g/mol. The van der Waals surface area contributed by atoms with Crippen molar-refractivity contribution in [3.05, 3.63) is 0 Å². The maximum Gasteiger partial charge on any atom is 0.0707 e. The zero-order chi connectivity index (χ0) is 11.7. The summed E-state index contributed by atoms with van der Waals surface area (Å²) in [5.41, 5.74) is -0.0601. The third-order valence-corrected chi connectivity index (χ3v) is 1.87. The molecule has 0 spiro atoms. The van der Waals surface area contributed by atoms with Crippen LogP contribution in [0.25, 0.3) is 0 Å². The van der Waals surface area contributed by atoms with Crippen LogP contribution in [-0.4, -0.2) is 38.0 Å². The first-order valence-corrected chi connectivity index (χ1v) is 5.91. The fourth-order valence-corrected chi connectivity index (χ4v) is 1.12. The number of nitrogens with one attached hydrogen (secondary N) is 1. The van der Waals surface area contributed by atoms with Gasteiger partial charge in [0.1, 0.15) is 0 Å². The maximum atomic E-state index is 5.55. The molecule has 3 heteroatoms. The lowest BCUT2D eigenvalue weighted by Crippen LogP contribution is -2.32. The molecule has 0 rings (SSSR count). The first-order chi connectivity index (χ1) is 6.95. The summed E-state index contributed by atoms with van der Waals surface area (Å²) in [7, 11) is 0. The highest BCUT2D eigenvalue weighted by Gasteiger charge is 2.09. The third kappa shape index (κ3) is 11.8. The van der Waals surface area contributed by atoms with Crippen molar-refractivity contribution in [3.8, 4) is 0 Å². The number of hydrogen-bond donors (Lipinski definition) is 1. The highest BCUT2D eigenvalue weighted by atomic mass is 16.5. The van der Waals surface area contributed by atoms with Crippen LogP contribution in [0.5, 0.6) is 0 Å². The molecule has 0 aliphatic heterocycles. The zero-order valence-electron chi connectivity index (χ0n) is 10.9. The minimum atomic E-state index is -0.0601. The normalized spacial score (nSPS) is 14.2. The van der Waals surface area contributed by atoms with E-state index in [2.05, 4.69) is 39.9 Å². The van der Waals surface area contributed by atoms with Crippen molar-refractivity contribution in [3.63, 3.8) is 0 Å². The predicted octanol–water partition coefficient (Wildman–Crippen LogP) is 2.21. The third-order valence-electron chi connectivity index (χ3n) is 1.87. The van der Waals surface area contributed by atoms with E-state index in [-0.39, 0.29) is 5.60 Å². The summed E-state index contributed by atoms with van der Waals surface area (Å²) < 4.78 is 11.0. The van der Waals surface area contributed by atoms with Gasteiger partial charge in [0.25, 0.3) is 0 Å². The summed E-state index contributed by atoms with van der Waals surface area (Å²) in [5, 5.41) is 3.37. The molecule has 0 fully saturated rings. The Hall–Kier alpha value is -0.120. The van der Waals surface area contributed by atoms with Gasteiger partial charge in [-0.15, -0.1) is 0 Å². The number of ether oxygens (including phenoxy) is 2. The van der Waals surface area contributed by atoms with E-state index in [1.807, 2.05) is 0 Å². The molecule has 1 N–H and O–H groups in total. The molecule has 0 amide bonds. The number of hydrogen-bond acceptors (Lipinski definition) is 3. The molecule has 3 nitrogen and oxygen atoms in total. The Kier molecular flexibility index (Phi) is 8.02. The van der Waals surface area contributed by atoms with Crippen LogP contribution in [0, 0.1) is 0 Å². The van der Waals surface area contributed by atoms with Crippen LogP contribution in [-0.2, 0) is 9.47 Å². The van der Waals surface area contributed by atoms with Gasteiger partial charge >= 0.3 is 0 Å². The summed E-state index contributed by atoms with van der Waals surface area (Å²) >= 11 is 0. The van der Waals surface area contributed by atoms with Gasteiger partial charge in [-0.2, -0.15) is 0 Å². The van der Waals surface area contributed by atoms with Gasteiger partial charge in [0.2, 0.25) is 0 Å². The minimum absolute atomic E-state index is 0.0601. The van der Waals surface area contributed by atoms with Gasteiger partial charge < -0.3 is 14.8 Å². The van der Waals surface area contributed by atoms with Crippen LogP contribution in [0.15, 0.2) is 0 Å². The summed E-state index contributed by atoms with van der Waals surface area (Å²) in [5.74, 6) is 0. The largest absolute Gasteiger partial charge is 0.377 e. The highest BCUT2D eigenvalue weighted by molar-refractivity contribution is 4.59. The van der Waals surface area contributed by atoms with Crippen LogP contribution in [0.3, 0.4) is 0 Å². The molecule has 0 radical (unpaired) electrons. The van der Waals surface area contributed by atoms with Gasteiger partial charge in [0.15, 0.2) is 0 Å². The first kappa shape index (κ1) is 14.9. The molecule has 0 aliphatic carbocycles. The second-order valence-corrected chi connectivity index (χ2v) is 4.89. The second kappa shape index (κ2) is 8.08. The molecule has 0 aliphatic rings. The van der Waals surface area contributed by atoms with Crippen molar-refractivity contribution in [1.82, 2.24) is 5.32 Å². The Morgan fingerprint density at radius 1 is 1.20 bits per heavy atom.